The van der Waals surface area contributed by atoms with Crippen molar-refractivity contribution in [1.82, 2.24) is 9.78 Å². The van der Waals surface area contributed by atoms with E-state index in [1.165, 1.54) is 4.68 Å². The van der Waals surface area contributed by atoms with Gasteiger partial charge < -0.3 is 9.64 Å². The number of hydrogen-bond donors (Lipinski definition) is 0. The molecule has 0 N–H and O–H groups in total. The lowest BCUT2D eigenvalue weighted by molar-refractivity contribution is -0.122. The molecular weight excluding hydrogens is 418 g/mol. The molecule has 1 atom stereocenters. The van der Waals surface area contributed by atoms with Crippen molar-refractivity contribution in [3.63, 3.8) is 0 Å². The summed E-state index contributed by atoms with van der Waals surface area (Å²) in [6, 6.07) is 23.3. The Bertz CT molecular complexity index is 1430. The van der Waals surface area contributed by atoms with Crippen molar-refractivity contribution in [1.29, 1.82) is 0 Å². The third-order valence-electron chi connectivity index (χ3n) is 5.80. The average Bonchev–Trinajstić information content (AvgIpc) is 3.19. The highest BCUT2D eigenvalue weighted by molar-refractivity contribution is 6.04. The van der Waals surface area contributed by atoms with Crippen molar-refractivity contribution >= 4 is 28.3 Å². The molecule has 3 aromatic carbocycles. The second-order valence-corrected chi connectivity index (χ2v) is 7.97. The Morgan fingerprint density at radius 3 is 2.39 bits per heavy atom. The van der Waals surface area contributed by atoms with Crippen LogP contribution in [0, 0.1) is 0 Å². The van der Waals surface area contributed by atoms with Crippen molar-refractivity contribution in [2.75, 3.05) is 11.5 Å². The van der Waals surface area contributed by atoms with Crippen LogP contribution in [0.1, 0.15) is 23.0 Å². The van der Waals surface area contributed by atoms with Gasteiger partial charge in [-0.1, -0.05) is 54.6 Å². The summed E-state index contributed by atoms with van der Waals surface area (Å²) in [5.41, 5.74) is 2.10. The molecular formula is C26H21N3O4. The Labute approximate surface area is 189 Å². The van der Waals surface area contributed by atoms with Crippen molar-refractivity contribution < 1.29 is 14.3 Å². The third kappa shape index (κ3) is 3.67. The highest BCUT2D eigenvalue weighted by atomic mass is 16.5. The second-order valence-electron chi connectivity index (χ2n) is 7.97. The Morgan fingerprint density at radius 2 is 1.61 bits per heavy atom. The fourth-order valence-corrected chi connectivity index (χ4v) is 4.30. The first-order valence-electron chi connectivity index (χ1n) is 10.7. The molecule has 0 spiro atoms. The van der Waals surface area contributed by atoms with E-state index in [1.54, 1.807) is 53.4 Å². The van der Waals surface area contributed by atoms with Gasteiger partial charge in [0.25, 0.3) is 11.5 Å². The van der Waals surface area contributed by atoms with E-state index in [9.17, 15) is 14.4 Å². The van der Waals surface area contributed by atoms with Crippen LogP contribution in [0.5, 0.6) is 0 Å². The van der Waals surface area contributed by atoms with E-state index in [2.05, 4.69) is 5.10 Å². The van der Waals surface area contributed by atoms with E-state index < -0.39 is 12.6 Å². The summed E-state index contributed by atoms with van der Waals surface area (Å²) in [5.74, 6) is -1.06. The highest BCUT2D eigenvalue weighted by Crippen LogP contribution is 2.31. The van der Waals surface area contributed by atoms with Gasteiger partial charge in [-0.05, 0) is 43.2 Å². The Balaban J connectivity index is 1.45. The number of amides is 1. The molecule has 0 aliphatic carbocycles. The van der Waals surface area contributed by atoms with Crippen molar-refractivity contribution in [2.24, 2.45) is 0 Å². The van der Waals surface area contributed by atoms with Crippen molar-refractivity contribution in [3.8, 4) is 5.69 Å². The maximum atomic E-state index is 13.0. The molecule has 164 valence electrons. The lowest BCUT2D eigenvalue weighted by atomic mass is 10.1. The standard InChI is InChI=1S/C26H21N3O4/c1-17-15-18-9-5-8-14-22(18)28(17)23(30)16-33-26(32)24-20-12-6-7-13-21(20)25(31)29(27-24)19-10-3-2-4-11-19/h2-14,17H,15-16H2,1H3. The average molecular weight is 439 g/mol. The number of benzene rings is 3. The number of nitrogens with zero attached hydrogens (tertiary/aromatic N) is 3. The van der Waals surface area contributed by atoms with Crippen LogP contribution in [0.15, 0.2) is 83.7 Å². The SMILES string of the molecule is CC1Cc2ccccc2N1C(=O)COC(=O)c1nn(-c2ccccc2)c(=O)c2ccccc12. The topological polar surface area (TPSA) is 81.5 Å². The van der Waals surface area contributed by atoms with Crippen LogP contribution in [0.25, 0.3) is 16.5 Å². The molecule has 7 nitrogen and oxygen atoms in total. The highest BCUT2D eigenvalue weighted by Gasteiger charge is 2.31. The smallest absolute Gasteiger partial charge is 0.359 e. The monoisotopic (exact) mass is 439 g/mol. The number of carbonyl (C=O) groups excluding carboxylic acids is 2. The van der Waals surface area contributed by atoms with Crippen LogP contribution < -0.4 is 10.5 Å². The fourth-order valence-electron chi connectivity index (χ4n) is 4.30. The number of aromatic nitrogens is 2. The zero-order valence-electron chi connectivity index (χ0n) is 18.0. The van der Waals surface area contributed by atoms with Crippen LogP contribution in [-0.4, -0.2) is 34.3 Å². The Kier molecular flexibility index (Phi) is 5.22. The van der Waals surface area contributed by atoms with Crippen LogP contribution in [0.3, 0.4) is 0 Å². The van der Waals surface area contributed by atoms with Crippen LogP contribution in [0.2, 0.25) is 0 Å². The molecule has 33 heavy (non-hydrogen) atoms. The van der Waals surface area contributed by atoms with E-state index >= 15 is 0 Å². The number of ether oxygens (including phenoxy) is 1. The summed E-state index contributed by atoms with van der Waals surface area (Å²) in [4.78, 5) is 40.6. The first-order chi connectivity index (χ1) is 16.0. The number of carbonyl (C=O) groups is 2. The van der Waals surface area contributed by atoms with E-state index in [0.29, 0.717) is 16.5 Å². The van der Waals surface area contributed by atoms with Gasteiger partial charge in [0, 0.05) is 17.1 Å². The van der Waals surface area contributed by atoms with Gasteiger partial charge in [-0.3, -0.25) is 9.59 Å². The Morgan fingerprint density at radius 1 is 0.939 bits per heavy atom. The summed E-state index contributed by atoms with van der Waals surface area (Å²) >= 11 is 0. The lowest BCUT2D eigenvalue weighted by Gasteiger charge is -2.22. The van der Waals surface area contributed by atoms with Gasteiger partial charge in [0.2, 0.25) is 0 Å². The summed E-state index contributed by atoms with van der Waals surface area (Å²) in [6.45, 7) is 1.54. The van der Waals surface area contributed by atoms with Crippen molar-refractivity contribution in [3.05, 3.63) is 100 Å². The molecule has 0 radical (unpaired) electrons. The molecule has 0 saturated carbocycles. The van der Waals surface area contributed by atoms with Gasteiger partial charge in [-0.15, -0.1) is 0 Å². The molecule has 4 aromatic rings. The number of hydrogen-bond acceptors (Lipinski definition) is 5. The first kappa shape index (κ1) is 20.6. The molecule has 7 heteroatoms. The van der Waals surface area contributed by atoms with Crippen LogP contribution in [-0.2, 0) is 16.0 Å². The molecule has 1 unspecified atom stereocenters. The van der Waals surface area contributed by atoms with Crippen LogP contribution >= 0.6 is 0 Å². The second kappa shape index (κ2) is 8.35. The maximum absolute atomic E-state index is 13.0. The quantitative estimate of drug-likeness (QED) is 0.455. The summed E-state index contributed by atoms with van der Waals surface area (Å²) < 4.78 is 6.58. The minimum Gasteiger partial charge on any atom is -0.451 e. The summed E-state index contributed by atoms with van der Waals surface area (Å²) in [7, 11) is 0. The lowest BCUT2D eigenvalue weighted by Crippen LogP contribution is -2.39. The minimum absolute atomic E-state index is 0.0169. The fraction of sp³-hybridized carbons (Fsp3) is 0.154. The molecule has 0 fully saturated rings. The first-order valence-corrected chi connectivity index (χ1v) is 10.7. The maximum Gasteiger partial charge on any atom is 0.359 e. The largest absolute Gasteiger partial charge is 0.451 e. The van der Waals surface area contributed by atoms with Crippen molar-refractivity contribution in [2.45, 2.75) is 19.4 Å². The van der Waals surface area contributed by atoms with E-state index in [1.807, 2.05) is 37.3 Å². The van der Waals surface area contributed by atoms with Crippen LogP contribution in [0.4, 0.5) is 5.69 Å². The zero-order valence-corrected chi connectivity index (χ0v) is 18.0. The molecule has 0 saturated heterocycles. The predicted octanol–water partition coefficient (Wildman–Crippen LogP) is 3.52. The Hall–Kier alpha value is -4.26. The molecule has 1 aromatic heterocycles. The number of para-hydroxylation sites is 2. The van der Waals surface area contributed by atoms with E-state index in [0.717, 1.165) is 17.7 Å². The zero-order chi connectivity index (χ0) is 22.9. The molecule has 0 bridgehead atoms. The van der Waals surface area contributed by atoms with Gasteiger partial charge >= 0.3 is 5.97 Å². The molecule has 1 amide bonds. The van der Waals surface area contributed by atoms with Gasteiger partial charge in [-0.25, -0.2) is 4.79 Å². The third-order valence-corrected chi connectivity index (χ3v) is 5.80. The molecule has 1 aliphatic rings. The summed E-state index contributed by atoms with van der Waals surface area (Å²) in [5, 5.41) is 5.03. The normalized spacial score (nSPS) is 14.8. The minimum atomic E-state index is -0.760. The van der Waals surface area contributed by atoms with Gasteiger partial charge in [0.05, 0.1) is 11.1 Å². The van der Waals surface area contributed by atoms with Gasteiger partial charge in [-0.2, -0.15) is 9.78 Å². The van der Waals surface area contributed by atoms with E-state index in [-0.39, 0.29) is 23.2 Å². The number of esters is 1. The van der Waals surface area contributed by atoms with Gasteiger partial charge in [0.1, 0.15) is 0 Å². The van der Waals surface area contributed by atoms with E-state index in [4.69, 9.17) is 4.74 Å². The number of fused-ring (bicyclic) bond motifs is 2. The molecule has 1 aliphatic heterocycles. The predicted molar refractivity (Wildman–Crippen MR) is 125 cm³/mol. The summed E-state index contributed by atoms with van der Waals surface area (Å²) in [6.07, 6.45) is 0.754. The molecule has 2 heterocycles. The molecule has 5 rings (SSSR count). The number of anilines is 1. The van der Waals surface area contributed by atoms with Gasteiger partial charge in [0.15, 0.2) is 12.3 Å². The number of rotatable bonds is 4.